The van der Waals surface area contributed by atoms with Crippen molar-refractivity contribution in [3.8, 4) is 5.75 Å². The summed E-state index contributed by atoms with van der Waals surface area (Å²) < 4.78 is 18.5. The second-order valence-electron chi connectivity index (χ2n) is 6.99. The Morgan fingerprint density at radius 2 is 1.90 bits per heavy atom. The molecule has 1 atom stereocenters. The molecular weight excluding hydrogens is 375 g/mol. The predicted molar refractivity (Wildman–Crippen MR) is 105 cm³/mol. The van der Waals surface area contributed by atoms with E-state index in [-0.39, 0.29) is 12.3 Å². The zero-order valence-corrected chi connectivity index (χ0v) is 16.4. The van der Waals surface area contributed by atoms with Gasteiger partial charge in [-0.05, 0) is 36.2 Å². The van der Waals surface area contributed by atoms with Gasteiger partial charge in [0.25, 0.3) is 5.91 Å². The number of benzene rings is 2. The van der Waals surface area contributed by atoms with Gasteiger partial charge in [-0.1, -0.05) is 44.0 Å². The van der Waals surface area contributed by atoms with Crippen molar-refractivity contribution < 1.29 is 23.5 Å². The maximum Gasteiger partial charge on any atom is 0.325 e. The molecule has 3 rings (SSSR count). The van der Waals surface area contributed by atoms with Gasteiger partial charge in [0.2, 0.25) is 0 Å². The van der Waals surface area contributed by atoms with E-state index in [1.807, 2.05) is 6.92 Å². The maximum atomic E-state index is 13.4. The Morgan fingerprint density at radius 3 is 2.55 bits per heavy atom. The number of carbonyl (C=O) groups excluding carboxylic acids is 3. The molecule has 1 fully saturated rings. The van der Waals surface area contributed by atoms with E-state index in [9.17, 15) is 18.8 Å². The number of urea groups is 1. The van der Waals surface area contributed by atoms with Crippen LogP contribution in [0.5, 0.6) is 5.75 Å². The molecule has 0 spiro atoms. The Kier molecular flexibility index (Phi) is 5.96. The van der Waals surface area contributed by atoms with Crippen LogP contribution in [0.2, 0.25) is 0 Å². The van der Waals surface area contributed by atoms with Crippen LogP contribution in [0.4, 0.5) is 9.18 Å². The van der Waals surface area contributed by atoms with Crippen molar-refractivity contribution in [2.24, 2.45) is 0 Å². The van der Waals surface area contributed by atoms with Crippen LogP contribution in [0.1, 0.15) is 42.1 Å². The topological polar surface area (TPSA) is 75.7 Å². The van der Waals surface area contributed by atoms with Gasteiger partial charge in [0, 0.05) is 5.56 Å². The number of halogens is 1. The third kappa shape index (κ3) is 3.99. The second-order valence-corrected chi connectivity index (χ2v) is 6.99. The van der Waals surface area contributed by atoms with Crippen molar-refractivity contribution in [3.63, 3.8) is 0 Å². The van der Waals surface area contributed by atoms with Crippen LogP contribution in [-0.4, -0.2) is 36.3 Å². The number of amides is 3. The first-order chi connectivity index (χ1) is 13.9. The van der Waals surface area contributed by atoms with Crippen LogP contribution < -0.4 is 10.1 Å². The molecule has 1 saturated heterocycles. The number of hydrogen-bond acceptors (Lipinski definition) is 4. The lowest BCUT2D eigenvalue weighted by atomic mass is 9.84. The molecule has 0 saturated carbocycles. The lowest BCUT2D eigenvalue weighted by molar-refractivity contribution is -0.131. The number of ketones is 1. The highest BCUT2D eigenvalue weighted by molar-refractivity contribution is 6.11. The number of rotatable bonds is 8. The van der Waals surface area contributed by atoms with Crippen LogP contribution >= 0.6 is 0 Å². The van der Waals surface area contributed by atoms with Crippen LogP contribution in [0.15, 0.2) is 48.5 Å². The van der Waals surface area contributed by atoms with Crippen LogP contribution in [0.3, 0.4) is 0 Å². The van der Waals surface area contributed by atoms with Gasteiger partial charge in [0.15, 0.2) is 5.78 Å². The zero-order valence-electron chi connectivity index (χ0n) is 16.4. The van der Waals surface area contributed by atoms with E-state index in [0.717, 1.165) is 11.3 Å². The van der Waals surface area contributed by atoms with Gasteiger partial charge in [-0.15, -0.1) is 0 Å². The summed E-state index contributed by atoms with van der Waals surface area (Å²) in [6.07, 6.45) is 1.86. The number of hydrogen-bond donors (Lipinski definition) is 1. The predicted octanol–water partition coefficient (Wildman–Crippen LogP) is 3.65. The van der Waals surface area contributed by atoms with E-state index in [1.165, 1.54) is 31.4 Å². The zero-order chi connectivity index (χ0) is 21.0. The molecule has 1 heterocycles. The third-order valence-electron chi connectivity index (χ3n) is 5.11. The lowest BCUT2D eigenvalue weighted by Crippen LogP contribution is -2.44. The number of carbonyl (C=O) groups is 3. The van der Waals surface area contributed by atoms with Crippen LogP contribution in [0.25, 0.3) is 0 Å². The fraction of sp³-hybridized carbons (Fsp3) is 0.318. The highest BCUT2D eigenvalue weighted by Crippen LogP contribution is 2.34. The fourth-order valence-electron chi connectivity index (χ4n) is 3.49. The minimum Gasteiger partial charge on any atom is -0.497 e. The Bertz CT molecular complexity index is 929. The number of imide groups is 1. The minimum atomic E-state index is -1.30. The summed E-state index contributed by atoms with van der Waals surface area (Å²) in [6, 6.07) is 11.4. The minimum absolute atomic E-state index is 0.345. The van der Waals surface area contributed by atoms with Crippen molar-refractivity contribution in [2.75, 3.05) is 13.7 Å². The third-order valence-corrected chi connectivity index (χ3v) is 5.11. The van der Waals surface area contributed by atoms with Gasteiger partial charge < -0.3 is 10.1 Å². The molecule has 2 aromatic carbocycles. The molecule has 1 N–H and O–H groups in total. The van der Waals surface area contributed by atoms with E-state index in [2.05, 4.69) is 5.32 Å². The summed E-state index contributed by atoms with van der Waals surface area (Å²) in [4.78, 5) is 39.5. The molecule has 1 unspecified atom stereocenters. The van der Waals surface area contributed by atoms with Gasteiger partial charge in [-0.2, -0.15) is 0 Å². The molecule has 7 heteroatoms. The van der Waals surface area contributed by atoms with Crippen LogP contribution in [-0.2, 0) is 10.3 Å². The molecule has 6 nitrogen and oxygen atoms in total. The standard InChI is InChI=1S/C22H23FN2O4/c1-3-4-12-22(16-8-10-17(23)11-9-16)20(27)25(21(28)24-22)14-19(26)15-6-5-7-18(13-15)29-2/h5-11,13H,3-4,12,14H2,1-2H3,(H,24,28). The summed E-state index contributed by atoms with van der Waals surface area (Å²) >= 11 is 0. The lowest BCUT2D eigenvalue weighted by Gasteiger charge is -2.27. The molecule has 1 aliphatic rings. The Morgan fingerprint density at radius 1 is 1.17 bits per heavy atom. The summed E-state index contributed by atoms with van der Waals surface area (Å²) in [5.41, 5.74) is -0.449. The molecule has 152 valence electrons. The first-order valence-corrected chi connectivity index (χ1v) is 9.48. The van der Waals surface area contributed by atoms with Crippen molar-refractivity contribution in [3.05, 3.63) is 65.5 Å². The van der Waals surface area contributed by atoms with Crippen molar-refractivity contribution in [2.45, 2.75) is 31.7 Å². The first-order valence-electron chi connectivity index (χ1n) is 9.48. The number of nitrogens with one attached hydrogen (secondary N) is 1. The smallest absolute Gasteiger partial charge is 0.325 e. The number of ether oxygens (including phenoxy) is 1. The van der Waals surface area contributed by atoms with E-state index in [4.69, 9.17) is 4.74 Å². The largest absolute Gasteiger partial charge is 0.497 e. The number of nitrogens with zero attached hydrogens (tertiary/aromatic N) is 1. The van der Waals surface area contributed by atoms with Crippen LogP contribution in [0, 0.1) is 5.82 Å². The molecule has 0 radical (unpaired) electrons. The summed E-state index contributed by atoms with van der Waals surface area (Å²) in [5.74, 6) is -0.797. The first kappa shape index (κ1) is 20.5. The summed E-state index contributed by atoms with van der Waals surface area (Å²) in [7, 11) is 1.49. The quantitative estimate of drug-likeness (QED) is 0.544. The maximum absolute atomic E-state index is 13.4. The number of methoxy groups -OCH3 is 1. The average molecular weight is 398 g/mol. The molecule has 0 aromatic heterocycles. The van der Waals surface area contributed by atoms with Crippen molar-refractivity contribution in [1.82, 2.24) is 10.2 Å². The molecule has 0 bridgehead atoms. The highest BCUT2D eigenvalue weighted by Gasteiger charge is 2.52. The molecule has 0 aliphatic carbocycles. The van der Waals surface area contributed by atoms with E-state index >= 15 is 0 Å². The van der Waals surface area contributed by atoms with Gasteiger partial charge in [0.05, 0.1) is 13.7 Å². The molecular formula is C22H23FN2O4. The summed E-state index contributed by atoms with van der Waals surface area (Å²) in [5, 5.41) is 2.76. The molecule has 3 amide bonds. The van der Waals surface area contributed by atoms with Gasteiger partial charge >= 0.3 is 6.03 Å². The molecule has 2 aromatic rings. The molecule has 1 aliphatic heterocycles. The number of unbranched alkanes of at least 4 members (excludes halogenated alkanes) is 1. The number of Topliss-reactive ketones (excluding diaryl/α,β-unsaturated/α-hetero) is 1. The Balaban J connectivity index is 1.89. The Hall–Kier alpha value is -3.22. The Labute approximate surface area is 168 Å². The van der Waals surface area contributed by atoms with Gasteiger partial charge in [-0.3, -0.25) is 14.5 Å². The second kappa shape index (κ2) is 8.43. The fourth-order valence-corrected chi connectivity index (χ4v) is 3.49. The van der Waals surface area contributed by atoms with Crippen molar-refractivity contribution in [1.29, 1.82) is 0 Å². The monoisotopic (exact) mass is 398 g/mol. The normalized spacial score (nSPS) is 18.7. The average Bonchev–Trinajstić information content (AvgIpc) is 2.97. The van der Waals surface area contributed by atoms with E-state index < -0.39 is 23.3 Å². The summed E-state index contributed by atoms with van der Waals surface area (Å²) in [6.45, 7) is 1.59. The van der Waals surface area contributed by atoms with E-state index in [1.54, 1.807) is 24.3 Å². The van der Waals surface area contributed by atoms with Crippen molar-refractivity contribution >= 4 is 17.7 Å². The SMILES string of the molecule is CCCCC1(c2ccc(F)cc2)NC(=O)N(CC(=O)c2cccc(OC)c2)C1=O. The highest BCUT2D eigenvalue weighted by atomic mass is 19.1. The van der Waals surface area contributed by atoms with E-state index in [0.29, 0.717) is 29.7 Å². The van der Waals surface area contributed by atoms with Gasteiger partial charge in [-0.25, -0.2) is 9.18 Å². The van der Waals surface area contributed by atoms with Gasteiger partial charge in [0.1, 0.15) is 17.1 Å². The molecule has 29 heavy (non-hydrogen) atoms.